The first-order chi connectivity index (χ1) is 12.5. The minimum absolute atomic E-state index is 0.00674. The predicted octanol–water partition coefficient (Wildman–Crippen LogP) is 3.45. The second kappa shape index (κ2) is 7.91. The summed E-state index contributed by atoms with van der Waals surface area (Å²) in [6, 6.07) is 11.5. The molecular formula is C20H21FN2O2S. The number of aryl methyl sites for hydroxylation is 1. The van der Waals surface area contributed by atoms with Gasteiger partial charge in [0, 0.05) is 42.2 Å². The molecular weight excluding hydrogens is 351 g/mol. The summed E-state index contributed by atoms with van der Waals surface area (Å²) in [6.07, 6.45) is 1.98. The van der Waals surface area contributed by atoms with Crippen LogP contribution < -0.4 is 0 Å². The van der Waals surface area contributed by atoms with Gasteiger partial charge in [-0.2, -0.15) is 0 Å². The minimum atomic E-state index is -0.361. The quantitative estimate of drug-likeness (QED) is 0.775. The van der Waals surface area contributed by atoms with Crippen LogP contribution in [0.5, 0.6) is 0 Å². The molecule has 0 unspecified atom stereocenters. The van der Waals surface area contributed by atoms with Crippen molar-refractivity contribution in [3.05, 3.63) is 65.0 Å². The fraction of sp³-hybridized carbons (Fsp3) is 0.300. The number of piperazine rings is 1. The summed E-state index contributed by atoms with van der Waals surface area (Å²) in [7, 11) is 0. The molecule has 136 valence electrons. The van der Waals surface area contributed by atoms with Gasteiger partial charge in [-0.1, -0.05) is 6.07 Å². The zero-order valence-corrected chi connectivity index (χ0v) is 15.7. The second-order valence-corrected chi connectivity index (χ2v) is 7.15. The molecule has 0 bridgehead atoms. The lowest BCUT2D eigenvalue weighted by atomic mass is 10.1. The first-order valence-corrected chi connectivity index (χ1v) is 9.71. The van der Waals surface area contributed by atoms with Crippen molar-refractivity contribution >= 4 is 23.6 Å². The van der Waals surface area contributed by atoms with Gasteiger partial charge in [0.2, 0.25) is 0 Å². The van der Waals surface area contributed by atoms with Gasteiger partial charge in [-0.3, -0.25) is 9.59 Å². The molecule has 0 spiro atoms. The lowest BCUT2D eigenvalue weighted by Crippen LogP contribution is -2.50. The third kappa shape index (κ3) is 3.90. The van der Waals surface area contributed by atoms with Crippen LogP contribution in [-0.4, -0.2) is 54.0 Å². The molecule has 0 N–H and O–H groups in total. The molecule has 1 heterocycles. The average Bonchev–Trinajstić information content (AvgIpc) is 2.68. The number of amides is 2. The van der Waals surface area contributed by atoms with Crippen LogP contribution >= 0.6 is 11.8 Å². The number of halogens is 1. The third-order valence-corrected chi connectivity index (χ3v) is 5.35. The lowest BCUT2D eigenvalue weighted by Gasteiger charge is -2.35. The summed E-state index contributed by atoms with van der Waals surface area (Å²) in [6.45, 7) is 3.88. The van der Waals surface area contributed by atoms with Crippen molar-refractivity contribution in [2.75, 3.05) is 32.4 Å². The highest BCUT2D eigenvalue weighted by Crippen LogP contribution is 2.21. The predicted molar refractivity (Wildman–Crippen MR) is 101 cm³/mol. The van der Waals surface area contributed by atoms with E-state index in [0.717, 1.165) is 16.0 Å². The van der Waals surface area contributed by atoms with Crippen molar-refractivity contribution in [2.45, 2.75) is 11.8 Å². The first kappa shape index (κ1) is 18.5. The van der Waals surface area contributed by atoms with Gasteiger partial charge >= 0.3 is 0 Å². The molecule has 0 aromatic heterocycles. The molecule has 1 fully saturated rings. The van der Waals surface area contributed by atoms with Crippen LogP contribution in [0.2, 0.25) is 0 Å². The smallest absolute Gasteiger partial charge is 0.254 e. The zero-order chi connectivity index (χ0) is 18.7. The lowest BCUT2D eigenvalue weighted by molar-refractivity contribution is 0.0535. The summed E-state index contributed by atoms with van der Waals surface area (Å²) >= 11 is 1.61. The van der Waals surface area contributed by atoms with Gasteiger partial charge in [-0.05, 0) is 55.1 Å². The highest BCUT2D eigenvalue weighted by molar-refractivity contribution is 7.98. The highest BCUT2D eigenvalue weighted by atomic mass is 32.2. The Hall–Kier alpha value is -2.34. The Labute approximate surface area is 157 Å². The van der Waals surface area contributed by atoms with Crippen molar-refractivity contribution in [1.29, 1.82) is 0 Å². The molecule has 26 heavy (non-hydrogen) atoms. The third-order valence-electron chi connectivity index (χ3n) is 4.62. The Morgan fingerprint density at radius 3 is 2.08 bits per heavy atom. The molecule has 2 aromatic carbocycles. The van der Waals surface area contributed by atoms with Gasteiger partial charge in [-0.15, -0.1) is 11.8 Å². The van der Waals surface area contributed by atoms with E-state index in [1.54, 1.807) is 21.6 Å². The van der Waals surface area contributed by atoms with Gasteiger partial charge in [-0.25, -0.2) is 4.39 Å². The van der Waals surface area contributed by atoms with E-state index >= 15 is 0 Å². The van der Waals surface area contributed by atoms with Gasteiger partial charge < -0.3 is 9.80 Å². The van der Waals surface area contributed by atoms with Crippen LogP contribution in [0, 0.1) is 12.7 Å². The van der Waals surface area contributed by atoms with Crippen molar-refractivity contribution in [2.24, 2.45) is 0 Å². The molecule has 4 nitrogen and oxygen atoms in total. The monoisotopic (exact) mass is 372 g/mol. The van der Waals surface area contributed by atoms with Crippen molar-refractivity contribution in [3.63, 3.8) is 0 Å². The summed E-state index contributed by atoms with van der Waals surface area (Å²) in [4.78, 5) is 29.9. The van der Waals surface area contributed by atoms with Crippen LogP contribution in [0.25, 0.3) is 0 Å². The zero-order valence-electron chi connectivity index (χ0n) is 14.9. The molecule has 2 aromatic rings. The van der Waals surface area contributed by atoms with E-state index in [-0.39, 0.29) is 17.6 Å². The second-order valence-electron chi connectivity index (χ2n) is 6.27. The Morgan fingerprint density at radius 1 is 0.923 bits per heavy atom. The SMILES string of the molecule is CSc1ccc(C)c(C(=O)N2CCN(C(=O)c3ccc(F)cc3)CC2)c1. The Balaban J connectivity index is 1.65. The Kier molecular flexibility index (Phi) is 5.61. The van der Waals surface area contributed by atoms with E-state index in [9.17, 15) is 14.0 Å². The molecule has 1 saturated heterocycles. The van der Waals surface area contributed by atoms with E-state index in [2.05, 4.69) is 0 Å². The van der Waals surface area contributed by atoms with Crippen LogP contribution in [-0.2, 0) is 0 Å². The maximum absolute atomic E-state index is 13.0. The van der Waals surface area contributed by atoms with Crippen LogP contribution in [0.3, 0.4) is 0 Å². The number of nitrogens with zero attached hydrogens (tertiary/aromatic N) is 2. The molecule has 1 aliphatic heterocycles. The minimum Gasteiger partial charge on any atom is -0.335 e. The molecule has 0 saturated carbocycles. The molecule has 0 atom stereocenters. The number of thioether (sulfide) groups is 1. The maximum Gasteiger partial charge on any atom is 0.254 e. The molecule has 0 radical (unpaired) electrons. The van der Waals surface area contributed by atoms with E-state index in [0.29, 0.717) is 31.7 Å². The molecule has 2 amide bonds. The first-order valence-electron chi connectivity index (χ1n) is 8.48. The van der Waals surface area contributed by atoms with E-state index in [1.807, 2.05) is 31.4 Å². The van der Waals surface area contributed by atoms with Gasteiger partial charge in [0.05, 0.1) is 0 Å². The standard InChI is InChI=1S/C20H21FN2O2S/c1-14-3-8-17(26-2)13-18(14)20(25)23-11-9-22(10-12-23)19(24)15-4-6-16(21)7-5-15/h3-8,13H,9-12H2,1-2H3. The van der Waals surface area contributed by atoms with Gasteiger partial charge in [0.25, 0.3) is 11.8 Å². The molecule has 3 rings (SSSR count). The number of carbonyl (C=O) groups is 2. The summed E-state index contributed by atoms with van der Waals surface area (Å²) in [5.41, 5.74) is 2.14. The van der Waals surface area contributed by atoms with E-state index in [1.165, 1.54) is 24.3 Å². The van der Waals surface area contributed by atoms with E-state index < -0.39 is 0 Å². The normalized spacial score (nSPS) is 14.4. The van der Waals surface area contributed by atoms with Crippen molar-refractivity contribution in [1.82, 2.24) is 9.80 Å². The number of rotatable bonds is 3. The fourth-order valence-corrected chi connectivity index (χ4v) is 3.46. The molecule has 0 aliphatic carbocycles. The average molecular weight is 372 g/mol. The number of hydrogen-bond donors (Lipinski definition) is 0. The summed E-state index contributed by atoms with van der Waals surface area (Å²) in [5, 5.41) is 0. The number of hydrogen-bond acceptors (Lipinski definition) is 3. The van der Waals surface area contributed by atoms with Gasteiger partial charge in [0.15, 0.2) is 0 Å². The molecule has 1 aliphatic rings. The highest BCUT2D eigenvalue weighted by Gasteiger charge is 2.26. The number of carbonyl (C=O) groups excluding carboxylic acids is 2. The van der Waals surface area contributed by atoms with Crippen molar-refractivity contribution in [3.8, 4) is 0 Å². The van der Waals surface area contributed by atoms with Gasteiger partial charge in [0.1, 0.15) is 5.82 Å². The van der Waals surface area contributed by atoms with Crippen LogP contribution in [0.1, 0.15) is 26.3 Å². The molecule has 6 heteroatoms. The summed E-state index contributed by atoms with van der Waals surface area (Å²) in [5.74, 6) is -0.482. The largest absolute Gasteiger partial charge is 0.335 e. The van der Waals surface area contributed by atoms with Crippen molar-refractivity contribution < 1.29 is 14.0 Å². The summed E-state index contributed by atoms with van der Waals surface area (Å²) < 4.78 is 13.0. The Morgan fingerprint density at radius 2 is 1.50 bits per heavy atom. The van der Waals surface area contributed by atoms with Crippen LogP contribution in [0.4, 0.5) is 4.39 Å². The fourth-order valence-electron chi connectivity index (χ4n) is 3.02. The maximum atomic E-state index is 13.0. The Bertz CT molecular complexity index is 815. The topological polar surface area (TPSA) is 40.6 Å². The van der Waals surface area contributed by atoms with Crippen LogP contribution in [0.15, 0.2) is 47.4 Å². The number of benzene rings is 2. The van der Waals surface area contributed by atoms with E-state index in [4.69, 9.17) is 0 Å².